The van der Waals surface area contributed by atoms with Gasteiger partial charge in [0.1, 0.15) is 5.82 Å². The Balaban J connectivity index is 1.92. The molecule has 2 aromatic heterocycles. The molecule has 17 heavy (non-hydrogen) atoms. The highest BCUT2D eigenvalue weighted by atomic mass is 16.5. The Morgan fingerprint density at radius 3 is 2.94 bits per heavy atom. The minimum Gasteiger partial charge on any atom is -0.383 e. The van der Waals surface area contributed by atoms with Crippen LogP contribution in [0.15, 0.2) is 30.7 Å². The maximum Gasteiger partial charge on any atom is 0.137 e. The van der Waals surface area contributed by atoms with Crippen LogP contribution in [-0.4, -0.2) is 35.2 Å². The lowest BCUT2D eigenvalue weighted by atomic mass is 10.2. The zero-order valence-electron chi connectivity index (χ0n) is 9.81. The molecule has 0 amide bonds. The van der Waals surface area contributed by atoms with Gasteiger partial charge < -0.3 is 15.0 Å². The molecule has 0 saturated carbocycles. The van der Waals surface area contributed by atoms with Crippen molar-refractivity contribution in [3.05, 3.63) is 36.4 Å². The molecule has 0 aliphatic heterocycles. The summed E-state index contributed by atoms with van der Waals surface area (Å²) in [7, 11) is 1.69. The second-order valence-electron chi connectivity index (χ2n) is 3.66. The number of nitrogens with zero attached hydrogens (tertiary/aromatic N) is 2. The summed E-state index contributed by atoms with van der Waals surface area (Å²) in [6, 6.07) is 3.86. The van der Waals surface area contributed by atoms with E-state index in [0.29, 0.717) is 6.61 Å². The number of pyridine rings is 1. The SMILES string of the molecule is COCCNCc1cnc(-c2ccncc2)[nH]1. The summed E-state index contributed by atoms with van der Waals surface area (Å²) < 4.78 is 4.96. The van der Waals surface area contributed by atoms with E-state index in [1.807, 2.05) is 18.3 Å². The predicted octanol–water partition coefficient (Wildman–Crippen LogP) is 1.21. The molecular weight excluding hydrogens is 216 g/mol. The molecule has 0 unspecified atom stereocenters. The van der Waals surface area contributed by atoms with Crippen LogP contribution in [0.25, 0.3) is 11.4 Å². The summed E-state index contributed by atoms with van der Waals surface area (Å²) >= 11 is 0. The molecule has 0 saturated heterocycles. The van der Waals surface area contributed by atoms with Crippen LogP contribution in [0.5, 0.6) is 0 Å². The lowest BCUT2D eigenvalue weighted by molar-refractivity contribution is 0.199. The third-order valence-corrected chi connectivity index (χ3v) is 2.38. The first kappa shape index (κ1) is 11.8. The van der Waals surface area contributed by atoms with E-state index in [-0.39, 0.29) is 0 Å². The number of aromatic nitrogens is 3. The second kappa shape index (κ2) is 6.12. The molecule has 0 spiro atoms. The van der Waals surface area contributed by atoms with Crippen molar-refractivity contribution in [1.82, 2.24) is 20.3 Å². The number of hydrogen-bond acceptors (Lipinski definition) is 4. The molecular formula is C12H16N4O. The zero-order valence-corrected chi connectivity index (χ0v) is 9.81. The van der Waals surface area contributed by atoms with Crippen molar-refractivity contribution in [3.8, 4) is 11.4 Å². The maximum absolute atomic E-state index is 4.96. The average Bonchev–Trinajstić information content (AvgIpc) is 2.85. The summed E-state index contributed by atoms with van der Waals surface area (Å²) in [6.07, 6.45) is 5.36. The Morgan fingerprint density at radius 2 is 2.18 bits per heavy atom. The first-order valence-electron chi connectivity index (χ1n) is 5.54. The van der Waals surface area contributed by atoms with Crippen LogP contribution in [0.4, 0.5) is 0 Å². The van der Waals surface area contributed by atoms with Gasteiger partial charge in [0, 0.05) is 50.0 Å². The van der Waals surface area contributed by atoms with Crippen LogP contribution in [0.1, 0.15) is 5.69 Å². The van der Waals surface area contributed by atoms with E-state index in [0.717, 1.165) is 30.2 Å². The van der Waals surface area contributed by atoms with E-state index in [2.05, 4.69) is 20.3 Å². The summed E-state index contributed by atoms with van der Waals surface area (Å²) in [5.74, 6) is 0.871. The topological polar surface area (TPSA) is 62.8 Å². The standard InChI is InChI=1S/C12H16N4O/c1-17-7-6-14-8-11-9-15-12(16-11)10-2-4-13-5-3-10/h2-5,9,14H,6-8H2,1H3,(H,15,16). The Kier molecular flexibility index (Phi) is 4.23. The molecule has 2 aromatic rings. The molecule has 90 valence electrons. The normalized spacial score (nSPS) is 10.6. The van der Waals surface area contributed by atoms with Crippen LogP contribution in [0.3, 0.4) is 0 Å². The number of aromatic amines is 1. The Hall–Kier alpha value is -1.72. The van der Waals surface area contributed by atoms with Crippen molar-refractivity contribution >= 4 is 0 Å². The Labute approximate surface area is 100 Å². The van der Waals surface area contributed by atoms with Crippen molar-refractivity contribution in [2.75, 3.05) is 20.3 Å². The zero-order chi connectivity index (χ0) is 11.9. The molecule has 0 aliphatic rings. The lowest BCUT2D eigenvalue weighted by Gasteiger charge is -2.01. The van der Waals surface area contributed by atoms with Crippen LogP contribution < -0.4 is 5.32 Å². The molecule has 2 N–H and O–H groups in total. The van der Waals surface area contributed by atoms with Gasteiger partial charge in [-0.25, -0.2) is 4.98 Å². The monoisotopic (exact) mass is 232 g/mol. The molecule has 0 atom stereocenters. The minimum atomic E-state index is 0.714. The lowest BCUT2D eigenvalue weighted by Crippen LogP contribution is -2.18. The number of H-pyrrole nitrogens is 1. The van der Waals surface area contributed by atoms with Gasteiger partial charge in [-0.3, -0.25) is 4.98 Å². The van der Waals surface area contributed by atoms with Gasteiger partial charge >= 0.3 is 0 Å². The van der Waals surface area contributed by atoms with Crippen molar-refractivity contribution in [3.63, 3.8) is 0 Å². The van der Waals surface area contributed by atoms with Crippen molar-refractivity contribution < 1.29 is 4.74 Å². The number of hydrogen-bond donors (Lipinski definition) is 2. The van der Waals surface area contributed by atoms with E-state index in [4.69, 9.17) is 4.74 Å². The van der Waals surface area contributed by atoms with Crippen LogP contribution in [0, 0.1) is 0 Å². The molecule has 0 fully saturated rings. The highest BCUT2D eigenvalue weighted by molar-refractivity contribution is 5.53. The summed E-state index contributed by atoms with van der Waals surface area (Å²) in [6.45, 7) is 2.31. The van der Waals surface area contributed by atoms with Crippen molar-refractivity contribution in [2.45, 2.75) is 6.54 Å². The summed E-state index contributed by atoms with van der Waals surface area (Å²) in [5.41, 5.74) is 2.11. The molecule has 0 radical (unpaired) electrons. The molecule has 2 heterocycles. The van der Waals surface area contributed by atoms with Gasteiger partial charge in [0.25, 0.3) is 0 Å². The molecule has 0 bridgehead atoms. The van der Waals surface area contributed by atoms with Gasteiger partial charge in [0.05, 0.1) is 6.61 Å². The third-order valence-electron chi connectivity index (χ3n) is 2.38. The van der Waals surface area contributed by atoms with Crippen LogP contribution >= 0.6 is 0 Å². The summed E-state index contributed by atoms with van der Waals surface area (Å²) in [5, 5.41) is 3.26. The minimum absolute atomic E-state index is 0.714. The smallest absolute Gasteiger partial charge is 0.137 e. The van der Waals surface area contributed by atoms with Crippen LogP contribution in [-0.2, 0) is 11.3 Å². The molecule has 2 rings (SSSR count). The van der Waals surface area contributed by atoms with Gasteiger partial charge in [-0.15, -0.1) is 0 Å². The third kappa shape index (κ3) is 3.37. The Morgan fingerprint density at radius 1 is 1.35 bits per heavy atom. The second-order valence-corrected chi connectivity index (χ2v) is 3.66. The van der Waals surface area contributed by atoms with E-state index in [1.165, 1.54) is 0 Å². The van der Waals surface area contributed by atoms with Gasteiger partial charge in [-0.1, -0.05) is 0 Å². The maximum atomic E-state index is 4.96. The largest absolute Gasteiger partial charge is 0.383 e. The molecule has 5 heteroatoms. The van der Waals surface area contributed by atoms with E-state index < -0.39 is 0 Å². The fourth-order valence-electron chi connectivity index (χ4n) is 1.50. The highest BCUT2D eigenvalue weighted by Crippen LogP contribution is 2.13. The van der Waals surface area contributed by atoms with E-state index >= 15 is 0 Å². The molecule has 0 aromatic carbocycles. The van der Waals surface area contributed by atoms with E-state index in [9.17, 15) is 0 Å². The van der Waals surface area contributed by atoms with Crippen molar-refractivity contribution in [1.29, 1.82) is 0 Å². The quantitative estimate of drug-likeness (QED) is 0.735. The first-order valence-corrected chi connectivity index (χ1v) is 5.54. The molecule has 0 aliphatic carbocycles. The van der Waals surface area contributed by atoms with Crippen molar-refractivity contribution in [2.24, 2.45) is 0 Å². The number of nitrogens with one attached hydrogen (secondary N) is 2. The van der Waals surface area contributed by atoms with Gasteiger partial charge in [-0.2, -0.15) is 0 Å². The van der Waals surface area contributed by atoms with Gasteiger partial charge in [0.15, 0.2) is 0 Å². The van der Waals surface area contributed by atoms with Crippen LogP contribution in [0.2, 0.25) is 0 Å². The predicted molar refractivity (Wildman–Crippen MR) is 65.4 cm³/mol. The fraction of sp³-hybridized carbons (Fsp3) is 0.333. The number of imidazole rings is 1. The van der Waals surface area contributed by atoms with Gasteiger partial charge in [0.2, 0.25) is 0 Å². The summed E-state index contributed by atoms with van der Waals surface area (Å²) in [4.78, 5) is 11.6. The average molecular weight is 232 g/mol. The first-order chi connectivity index (χ1) is 8.40. The Bertz CT molecular complexity index is 441. The number of rotatable bonds is 6. The fourth-order valence-corrected chi connectivity index (χ4v) is 1.50. The number of methoxy groups -OCH3 is 1. The van der Waals surface area contributed by atoms with E-state index in [1.54, 1.807) is 19.5 Å². The van der Waals surface area contributed by atoms with Gasteiger partial charge in [-0.05, 0) is 12.1 Å². The molecule has 5 nitrogen and oxygen atoms in total. The highest BCUT2D eigenvalue weighted by Gasteiger charge is 2.02. The number of ether oxygens (including phenoxy) is 1.